The summed E-state index contributed by atoms with van der Waals surface area (Å²) in [5.74, 6) is -0.720. The Labute approximate surface area is 93.6 Å². The van der Waals surface area contributed by atoms with E-state index in [1.165, 1.54) is 0 Å². The standard InChI is InChI=1S/C11H14N2O3/c12-6-10(14)13-7-11(15)16-8-9-4-2-1-3-5-9/h1-5H,6-8,12H2,(H,13,14)/p+1. The smallest absolute Gasteiger partial charge is 0.325 e. The van der Waals surface area contributed by atoms with Gasteiger partial charge in [-0.25, -0.2) is 0 Å². The summed E-state index contributed by atoms with van der Waals surface area (Å²) in [5.41, 5.74) is 4.31. The number of ether oxygens (including phenoxy) is 1. The van der Waals surface area contributed by atoms with E-state index < -0.39 is 5.97 Å². The van der Waals surface area contributed by atoms with Gasteiger partial charge in [0, 0.05) is 0 Å². The zero-order valence-corrected chi connectivity index (χ0v) is 8.94. The van der Waals surface area contributed by atoms with Gasteiger partial charge in [-0.1, -0.05) is 30.3 Å². The second-order valence-corrected chi connectivity index (χ2v) is 3.17. The van der Waals surface area contributed by atoms with E-state index in [0.29, 0.717) is 0 Å². The molecular formula is C11H15N2O3+. The molecule has 0 aromatic heterocycles. The van der Waals surface area contributed by atoms with Gasteiger partial charge in [0.1, 0.15) is 13.2 Å². The van der Waals surface area contributed by atoms with Gasteiger partial charge in [-0.2, -0.15) is 0 Å². The minimum absolute atomic E-state index is 0.110. The molecular weight excluding hydrogens is 208 g/mol. The van der Waals surface area contributed by atoms with E-state index in [2.05, 4.69) is 11.1 Å². The predicted octanol–water partition coefficient (Wildman–Crippen LogP) is -0.912. The molecule has 1 aromatic rings. The summed E-state index contributed by atoms with van der Waals surface area (Å²) >= 11 is 0. The maximum absolute atomic E-state index is 11.2. The molecule has 0 atom stereocenters. The van der Waals surface area contributed by atoms with E-state index in [1.54, 1.807) is 0 Å². The molecule has 1 aromatic carbocycles. The average Bonchev–Trinajstić information content (AvgIpc) is 2.34. The summed E-state index contributed by atoms with van der Waals surface area (Å²) in [6, 6.07) is 9.35. The lowest BCUT2D eigenvalue weighted by molar-refractivity contribution is -0.355. The number of benzene rings is 1. The largest absolute Gasteiger partial charge is 0.460 e. The first-order valence-corrected chi connectivity index (χ1v) is 4.98. The topological polar surface area (TPSA) is 83.0 Å². The van der Waals surface area contributed by atoms with E-state index in [4.69, 9.17) is 4.74 Å². The van der Waals surface area contributed by atoms with Gasteiger partial charge in [0.25, 0.3) is 5.91 Å². The molecule has 16 heavy (non-hydrogen) atoms. The third-order valence-electron chi connectivity index (χ3n) is 1.90. The minimum atomic E-state index is -0.453. The number of quaternary nitrogens is 1. The fourth-order valence-corrected chi connectivity index (χ4v) is 1.05. The number of hydrogen-bond donors (Lipinski definition) is 2. The first-order valence-electron chi connectivity index (χ1n) is 4.98. The van der Waals surface area contributed by atoms with Crippen molar-refractivity contribution in [3.05, 3.63) is 35.9 Å². The molecule has 0 aliphatic carbocycles. The van der Waals surface area contributed by atoms with Crippen LogP contribution in [0.3, 0.4) is 0 Å². The SMILES string of the molecule is [NH3+]CC(=O)NCC(=O)OCc1ccccc1. The highest BCUT2D eigenvalue weighted by molar-refractivity contribution is 5.82. The van der Waals surface area contributed by atoms with Crippen molar-refractivity contribution >= 4 is 11.9 Å². The Morgan fingerprint density at radius 1 is 1.25 bits per heavy atom. The van der Waals surface area contributed by atoms with Crippen LogP contribution >= 0.6 is 0 Å². The van der Waals surface area contributed by atoms with Crippen molar-refractivity contribution in [2.24, 2.45) is 0 Å². The molecule has 1 rings (SSSR count). The summed E-state index contributed by atoms with van der Waals surface area (Å²) in [6.45, 7) is 0.229. The Morgan fingerprint density at radius 3 is 2.56 bits per heavy atom. The lowest BCUT2D eigenvalue weighted by Gasteiger charge is -2.05. The van der Waals surface area contributed by atoms with E-state index in [-0.39, 0.29) is 25.6 Å². The molecule has 0 aliphatic heterocycles. The normalized spacial score (nSPS) is 9.56. The van der Waals surface area contributed by atoms with Gasteiger partial charge in [0.15, 0.2) is 6.54 Å². The highest BCUT2D eigenvalue weighted by Gasteiger charge is 2.05. The zero-order chi connectivity index (χ0) is 11.8. The molecule has 0 radical (unpaired) electrons. The van der Waals surface area contributed by atoms with Crippen LogP contribution in [0, 0.1) is 0 Å². The summed E-state index contributed by atoms with van der Waals surface area (Å²) in [4.78, 5) is 22.0. The Bertz CT molecular complexity index is 352. The molecule has 5 heteroatoms. The van der Waals surface area contributed by atoms with Gasteiger partial charge in [-0.3, -0.25) is 9.59 Å². The van der Waals surface area contributed by atoms with Gasteiger partial charge >= 0.3 is 5.97 Å². The van der Waals surface area contributed by atoms with Crippen LogP contribution in [0.5, 0.6) is 0 Å². The number of amides is 1. The number of esters is 1. The van der Waals surface area contributed by atoms with Crippen LogP contribution in [0.25, 0.3) is 0 Å². The molecule has 5 nitrogen and oxygen atoms in total. The van der Waals surface area contributed by atoms with E-state index in [9.17, 15) is 9.59 Å². The summed E-state index contributed by atoms with van der Waals surface area (Å²) in [5, 5.41) is 2.39. The van der Waals surface area contributed by atoms with E-state index in [0.717, 1.165) is 5.56 Å². The fraction of sp³-hybridized carbons (Fsp3) is 0.273. The Balaban J connectivity index is 2.23. The second-order valence-electron chi connectivity index (χ2n) is 3.17. The van der Waals surface area contributed by atoms with Crippen molar-refractivity contribution in [2.45, 2.75) is 6.61 Å². The van der Waals surface area contributed by atoms with Gasteiger partial charge in [-0.05, 0) is 5.56 Å². The third kappa shape index (κ3) is 4.56. The van der Waals surface area contributed by atoms with Crippen molar-refractivity contribution in [3.8, 4) is 0 Å². The van der Waals surface area contributed by atoms with Crippen LogP contribution in [0.15, 0.2) is 30.3 Å². The van der Waals surface area contributed by atoms with Gasteiger partial charge in [0.2, 0.25) is 0 Å². The molecule has 0 saturated heterocycles. The van der Waals surface area contributed by atoms with Crippen molar-refractivity contribution in [3.63, 3.8) is 0 Å². The lowest BCUT2D eigenvalue weighted by Crippen LogP contribution is -2.57. The van der Waals surface area contributed by atoms with Crippen molar-refractivity contribution in [1.82, 2.24) is 5.32 Å². The first-order chi connectivity index (χ1) is 7.72. The molecule has 86 valence electrons. The third-order valence-corrected chi connectivity index (χ3v) is 1.90. The monoisotopic (exact) mass is 223 g/mol. The van der Waals surface area contributed by atoms with Gasteiger partial charge in [0.05, 0.1) is 0 Å². The maximum atomic E-state index is 11.2. The number of hydrogen-bond acceptors (Lipinski definition) is 3. The van der Waals surface area contributed by atoms with E-state index >= 15 is 0 Å². The van der Waals surface area contributed by atoms with Crippen LogP contribution in [0.2, 0.25) is 0 Å². The Hall–Kier alpha value is -1.88. The number of nitrogens with one attached hydrogen (secondary N) is 1. The van der Waals surface area contributed by atoms with Crippen molar-refractivity contribution < 1.29 is 20.1 Å². The maximum Gasteiger partial charge on any atom is 0.325 e. The van der Waals surface area contributed by atoms with E-state index in [1.807, 2.05) is 30.3 Å². The first kappa shape index (κ1) is 12.2. The van der Waals surface area contributed by atoms with Crippen LogP contribution in [-0.4, -0.2) is 25.0 Å². The van der Waals surface area contributed by atoms with Crippen LogP contribution in [-0.2, 0) is 20.9 Å². The summed E-state index contributed by atoms with van der Waals surface area (Å²) < 4.78 is 4.95. The molecule has 0 fully saturated rings. The van der Waals surface area contributed by atoms with Gasteiger partial charge in [-0.15, -0.1) is 0 Å². The fourth-order valence-electron chi connectivity index (χ4n) is 1.05. The van der Waals surface area contributed by atoms with Crippen LogP contribution in [0.1, 0.15) is 5.56 Å². The molecule has 0 aliphatic rings. The highest BCUT2D eigenvalue weighted by Crippen LogP contribution is 2.00. The number of carbonyl (C=O) groups is 2. The lowest BCUT2D eigenvalue weighted by atomic mass is 10.2. The summed E-state index contributed by atoms with van der Waals surface area (Å²) in [7, 11) is 0. The summed E-state index contributed by atoms with van der Waals surface area (Å²) in [6.07, 6.45) is 0. The average molecular weight is 223 g/mol. The van der Waals surface area contributed by atoms with Gasteiger partial charge < -0.3 is 15.8 Å². The van der Waals surface area contributed by atoms with Crippen molar-refractivity contribution in [1.29, 1.82) is 0 Å². The molecule has 0 bridgehead atoms. The minimum Gasteiger partial charge on any atom is -0.460 e. The second kappa shape index (κ2) is 6.58. The van der Waals surface area contributed by atoms with Crippen LogP contribution in [0.4, 0.5) is 0 Å². The molecule has 1 amide bonds. The highest BCUT2D eigenvalue weighted by atomic mass is 16.5. The number of rotatable bonds is 5. The molecule has 4 N–H and O–H groups in total. The predicted molar refractivity (Wildman–Crippen MR) is 57.0 cm³/mol. The Morgan fingerprint density at radius 2 is 1.94 bits per heavy atom. The quantitative estimate of drug-likeness (QED) is 0.634. The molecule has 0 heterocycles. The van der Waals surface area contributed by atoms with Crippen molar-refractivity contribution in [2.75, 3.05) is 13.1 Å². The Kier molecular flexibility index (Phi) is 5.01. The van der Waals surface area contributed by atoms with Crippen LogP contribution < -0.4 is 11.1 Å². The zero-order valence-electron chi connectivity index (χ0n) is 8.94. The molecule has 0 saturated carbocycles. The molecule has 0 spiro atoms. The number of carbonyl (C=O) groups excluding carboxylic acids is 2. The molecule has 0 unspecified atom stereocenters.